The van der Waals surface area contributed by atoms with E-state index >= 15 is 0 Å². The summed E-state index contributed by atoms with van der Waals surface area (Å²) in [6.45, 7) is 0.684. The summed E-state index contributed by atoms with van der Waals surface area (Å²) < 4.78 is 3.19. The third-order valence-corrected chi connectivity index (χ3v) is 6.54. The van der Waals surface area contributed by atoms with E-state index in [-0.39, 0.29) is 12.1 Å². The summed E-state index contributed by atoms with van der Waals surface area (Å²) in [5.74, 6) is 0. The van der Waals surface area contributed by atoms with E-state index in [1.54, 1.807) is 17.4 Å². The van der Waals surface area contributed by atoms with Crippen molar-refractivity contribution in [1.29, 1.82) is 5.26 Å². The molecule has 5 rings (SSSR count). The maximum absolute atomic E-state index is 10.2. The average molecular weight is 404 g/mol. The van der Waals surface area contributed by atoms with Crippen molar-refractivity contribution in [3.8, 4) is 6.07 Å². The Labute approximate surface area is 172 Å². The molecule has 2 aromatic carbocycles. The number of aliphatic hydroxyl groups is 1. The van der Waals surface area contributed by atoms with Crippen LogP contribution in [-0.4, -0.2) is 31.8 Å². The predicted octanol–water partition coefficient (Wildman–Crippen LogP) is 4.28. The number of aliphatic hydroxyl groups excluding tert-OH is 1. The number of anilines is 1. The molecule has 1 aliphatic carbocycles. The van der Waals surface area contributed by atoms with Gasteiger partial charge in [-0.2, -0.15) is 5.26 Å². The van der Waals surface area contributed by atoms with Gasteiger partial charge in [-0.15, -0.1) is 0 Å². The molecule has 0 saturated heterocycles. The van der Waals surface area contributed by atoms with Gasteiger partial charge in [0, 0.05) is 6.54 Å². The zero-order valence-corrected chi connectivity index (χ0v) is 16.7. The highest BCUT2D eigenvalue weighted by molar-refractivity contribution is 7.22. The summed E-state index contributed by atoms with van der Waals surface area (Å²) in [6, 6.07) is 14.1. The first-order valence-corrected chi connectivity index (χ1v) is 10.7. The molecular formula is C22H21N5OS. The second-order valence-electron chi connectivity index (χ2n) is 7.61. The number of thiazole rings is 1. The van der Waals surface area contributed by atoms with Gasteiger partial charge in [-0.25, -0.2) is 9.97 Å². The Bertz CT molecular complexity index is 1220. The number of nitrogens with one attached hydrogen (secondary N) is 1. The van der Waals surface area contributed by atoms with Crippen LogP contribution in [0, 0.1) is 11.3 Å². The maximum atomic E-state index is 10.2. The molecule has 1 fully saturated rings. The zero-order valence-electron chi connectivity index (χ0n) is 15.9. The summed E-state index contributed by atoms with van der Waals surface area (Å²) in [7, 11) is 0. The Morgan fingerprint density at radius 3 is 2.90 bits per heavy atom. The lowest BCUT2D eigenvalue weighted by molar-refractivity contribution is 0.116. The molecule has 4 aromatic rings. The number of imidazole rings is 1. The van der Waals surface area contributed by atoms with Crippen LogP contribution in [0.25, 0.3) is 21.3 Å². The Hall–Kier alpha value is -2.95. The van der Waals surface area contributed by atoms with Gasteiger partial charge in [-0.3, -0.25) is 0 Å². The smallest absolute Gasteiger partial charge is 0.184 e. The van der Waals surface area contributed by atoms with Crippen LogP contribution in [0.5, 0.6) is 0 Å². The fourth-order valence-corrected chi connectivity index (χ4v) is 5.01. The molecule has 0 bridgehead atoms. The molecule has 2 atom stereocenters. The molecule has 2 aromatic heterocycles. The first kappa shape index (κ1) is 18.1. The highest BCUT2D eigenvalue weighted by atomic mass is 32.1. The number of fused-ring (bicyclic) bond motifs is 2. The SMILES string of the molecule is N#Cc1ccc2ncn(Cc3ccc4nc(N[C@@H]5CCCC[C@H]5O)sc4c3)c2c1. The van der Waals surface area contributed by atoms with Crippen molar-refractivity contribution in [2.24, 2.45) is 0 Å². The van der Waals surface area contributed by atoms with Crippen LogP contribution >= 0.6 is 11.3 Å². The first-order valence-electron chi connectivity index (χ1n) is 9.89. The molecular weight excluding hydrogens is 382 g/mol. The highest BCUT2D eigenvalue weighted by Crippen LogP contribution is 2.30. The predicted molar refractivity (Wildman–Crippen MR) is 115 cm³/mol. The van der Waals surface area contributed by atoms with E-state index in [9.17, 15) is 5.11 Å². The zero-order chi connectivity index (χ0) is 19.8. The first-order chi connectivity index (χ1) is 14.2. The topological polar surface area (TPSA) is 86.8 Å². The van der Waals surface area contributed by atoms with Crippen LogP contribution in [0.1, 0.15) is 36.8 Å². The Morgan fingerprint density at radius 2 is 2.03 bits per heavy atom. The van der Waals surface area contributed by atoms with Gasteiger partial charge in [0.15, 0.2) is 5.13 Å². The monoisotopic (exact) mass is 403 g/mol. The number of hydrogen-bond donors (Lipinski definition) is 2. The van der Waals surface area contributed by atoms with Crippen molar-refractivity contribution in [2.45, 2.75) is 44.4 Å². The summed E-state index contributed by atoms with van der Waals surface area (Å²) in [5, 5.41) is 23.7. The molecule has 29 heavy (non-hydrogen) atoms. The van der Waals surface area contributed by atoms with Crippen molar-refractivity contribution in [1.82, 2.24) is 14.5 Å². The summed E-state index contributed by atoms with van der Waals surface area (Å²) in [4.78, 5) is 9.13. The standard InChI is InChI=1S/C22H21N5OS/c23-11-14-5-7-16-19(9-14)27(13-24-16)12-15-6-8-18-21(10-15)29-22(26-18)25-17-3-1-2-4-20(17)28/h5-10,13,17,20,28H,1-4,12H2,(H,25,26)/t17-,20-/m1/s1. The summed E-state index contributed by atoms with van der Waals surface area (Å²) in [6.07, 6.45) is 5.62. The maximum Gasteiger partial charge on any atom is 0.184 e. The fourth-order valence-electron chi connectivity index (χ4n) is 4.02. The van der Waals surface area contributed by atoms with Crippen LogP contribution in [0.3, 0.4) is 0 Å². The lowest BCUT2D eigenvalue weighted by Crippen LogP contribution is -2.36. The van der Waals surface area contributed by atoms with Crippen molar-refractivity contribution >= 4 is 37.7 Å². The molecule has 0 radical (unpaired) electrons. The van der Waals surface area contributed by atoms with Crippen LogP contribution in [0.15, 0.2) is 42.7 Å². The summed E-state index contributed by atoms with van der Waals surface area (Å²) in [5.41, 5.74) is 4.61. The molecule has 0 spiro atoms. The molecule has 1 saturated carbocycles. The van der Waals surface area contributed by atoms with Crippen molar-refractivity contribution in [3.63, 3.8) is 0 Å². The molecule has 0 amide bonds. The number of hydrogen-bond acceptors (Lipinski definition) is 6. The van der Waals surface area contributed by atoms with E-state index in [2.05, 4.69) is 33.1 Å². The van der Waals surface area contributed by atoms with Gasteiger partial charge in [0.2, 0.25) is 0 Å². The molecule has 2 heterocycles. The number of aromatic nitrogens is 3. The van der Waals surface area contributed by atoms with Crippen LogP contribution in [0.4, 0.5) is 5.13 Å². The Balaban J connectivity index is 1.39. The molecule has 0 aliphatic heterocycles. The lowest BCUT2D eigenvalue weighted by atomic mass is 9.93. The second kappa shape index (κ2) is 7.47. The molecule has 1 aliphatic rings. The normalized spacial score (nSPS) is 19.4. The molecule has 0 unspecified atom stereocenters. The van der Waals surface area contributed by atoms with E-state index in [1.165, 1.54) is 0 Å². The Kier molecular flexibility index (Phi) is 4.66. The van der Waals surface area contributed by atoms with Crippen LogP contribution < -0.4 is 5.32 Å². The quantitative estimate of drug-likeness (QED) is 0.531. The Morgan fingerprint density at radius 1 is 1.17 bits per heavy atom. The van der Waals surface area contributed by atoms with Gasteiger partial charge in [-0.05, 0) is 48.7 Å². The number of nitriles is 1. The van der Waals surface area contributed by atoms with E-state index < -0.39 is 0 Å². The van der Waals surface area contributed by atoms with Gasteiger partial charge in [0.1, 0.15) is 0 Å². The van der Waals surface area contributed by atoms with Crippen LogP contribution in [0.2, 0.25) is 0 Å². The average Bonchev–Trinajstić information content (AvgIpc) is 3.32. The largest absolute Gasteiger partial charge is 0.391 e. The number of rotatable bonds is 4. The molecule has 7 heteroatoms. The number of nitrogens with zero attached hydrogens (tertiary/aromatic N) is 4. The van der Waals surface area contributed by atoms with Gasteiger partial charge in [0.25, 0.3) is 0 Å². The van der Waals surface area contributed by atoms with Crippen LogP contribution in [-0.2, 0) is 6.54 Å². The van der Waals surface area contributed by atoms with Gasteiger partial charge < -0.3 is 15.0 Å². The van der Waals surface area contributed by atoms with E-state index in [1.807, 2.05) is 24.5 Å². The van der Waals surface area contributed by atoms with Crippen molar-refractivity contribution in [2.75, 3.05) is 5.32 Å². The molecule has 6 nitrogen and oxygen atoms in total. The molecule has 2 N–H and O–H groups in total. The lowest BCUT2D eigenvalue weighted by Gasteiger charge is -2.27. The third kappa shape index (κ3) is 3.57. The van der Waals surface area contributed by atoms with Crippen molar-refractivity contribution in [3.05, 3.63) is 53.9 Å². The highest BCUT2D eigenvalue weighted by Gasteiger charge is 2.23. The summed E-state index contributed by atoms with van der Waals surface area (Å²) >= 11 is 1.63. The second-order valence-corrected chi connectivity index (χ2v) is 8.64. The minimum absolute atomic E-state index is 0.0930. The van der Waals surface area contributed by atoms with Crippen molar-refractivity contribution < 1.29 is 5.11 Å². The van der Waals surface area contributed by atoms with E-state index in [0.717, 1.165) is 57.6 Å². The molecule has 146 valence electrons. The van der Waals surface area contributed by atoms with Gasteiger partial charge in [0.05, 0.1) is 51.4 Å². The van der Waals surface area contributed by atoms with Gasteiger partial charge >= 0.3 is 0 Å². The number of benzene rings is 2. The fraction of sp³-hybridized carbons (Fsp3) is 0.318. The minimum atomic E-state index is -0.292. The van der Waals surface area contributed by atoms with Gasteiger partial charge in [-0.1, -0.05) is 30.2 Å². The van der Waals surface area contributed by atoms with E-state index in [0.29, 0.717) is 12.1 Å². The minimum Gasteiger partial charge on any atom is -0.391 e. The van der Waals surface area contributed by atoms with E-state index in [4.69, 9.17) is 10.2 Å². The third-order valence-electron chi connectivity index (χ3n) is 5.59.